The van der Waals surface area contributed by atoms with Crippen molar-refractivity contribution in [2.45, 2.75) is 65.5 Å². The second-order valence-corrected chi connectivity index (χ2v) is 6.23. The highest BCUT2D eigenvalue weighted by atomic mass is 15.3. The highest BCUT2D eigenvalue weighted by Gasteiger charge is 2.32. The van der Waals surface area contributed by atoms with Crippen molar-refractivity contribution in [3.8, 4) is 0 Å². The number of rotatable bonds is 3. The van der Waals surface area contributed by atoms with Crippen LogP contribution in [-0.2, 0) is 0 Å². The number of nitrogens with zero attached hydrogens (tertiary/aromatic N) is 2. The first-order chi connectivity index (χ1) is 7.99. The van der Waals surface area contributed by atoms with Crippen LogP contribution in [-0.4, -0.2) is 15.8 Å². The van der Waals surface area contributed by atoms with Crippen molar-refractivity contribution in [2.24, 2.45) is 5.41 Å². The lowest BCUT2D eigenvalue weighted by Gasteiger charge is -2.39. The van der Waals surface area contributed by atoms with Crippen molar-refractivity contribution in [3.63, 3.8) is 0 Å². The quantitative estimate of drug-likeness (QED) is 0.862. The van der Waals surface area contributed by atoms with E-state index >= 15 is 0 Å². The predicted molar refractivity (Wildman–Crippen MR) is 72.3 cm³/mol. The van der Waals surface area contributed by atoms with Gasteiger partial charge in [0.2, 0.25) is 0 Å². The normalized spacial score (nSPS) is 23.9. The molecule has 0 saturated heterocycles. The molecule has 3 nitrogen and oxygen atoms in total. The second kappa shape index (κ2) is 4.71. The summed E-state index contributed by atoms with van der Waals surface area (Å²) in [6.07, 6.45) is 9.39. The van der Waals surface area contributed by atoms with Crippen molar-refractivity contribution in [1.82, 2.24) is 9.78 Å². The van der Waals surface area contributed by atoms with Crippen molar-refractivity contribution in [2.75, 3.05) is 5.32 Å². The van der Waals surface area contributed by atoms with Crippen LogP contribution in [0.4, 0.5) is 5.69 Å². The Balaban J connectivity index is 2.04. The molecule has 3 heteroatoms. The highest BCUT2D eigenvalue weighted by Crippen LogP contribution is 2.37. The third-order valence-electron chi connectivity index (χ3n) is 3.98. The Hall–Kier alpha value is -0.990. The number of aromatic nitrogens is 2. The van der Waals surface area contributed by atoms with Gasteiger partial charge in [-0.2, -0.15) is 5.10 Å². The Morgan fingerprint density at radius 3 is 2.76 bits per heavy atom. The monoisotopic (exact) mass is 235 g/mol. The molecule has 0 bridgehead atoms. The zero-order chi connectivity index (χ0) is 12.5. The minimum absolute atomic E-state index is 0.401. The summed E-state index contributed by atoms with van der Waals surface area (Å²) in [5.74, 6) is 0. The maximum atomic E-state index is 4.38. The molecule has 1 unspecified atom stereocenters. The Morgan fingerprint density at radius 1 is 1.41 bits per heavy atom. The summed E-state index contributed by atoms with van der Waals surface area (Å²) in [5.41, 5.74) is 1.57. The average Bonchev–Trinajstić information content (AvgIpc) is 2.70. The van der Waals surface area contributed by atoms with E-state index in [-0.39, 0.29) is 0 Å². The fourth-order valence-electron chi connectivity index (χ4n) is 2.66. The molecule has 1 aromatic heterocycles. The van der Waals surface area contributed by atoms with Gasteiger partial charge in [-0.15, -0.1) is 0 Å². The van der Waals surface area contributed by atoms with Crippen LogP contribution in [0.25, 0.3) is 0 Å². The first kappa shape index (κ1) is 12.5. The van der Waals surface area contributed by atoms with Gasteiger partial charge in [-0.3, -0.25) is 4.68 Å². The molecule has 0 aromatic carbocycles. The summed E-state index contributed by atoms with van der Waals surface area (Å²) in [6.45, 7) is 9.05. The van der Waals surface area contributed by atoms with Crippen LogP contribution in [0.1, 0.15) is 59.4 Å². The van der Waals surface area contributed by atoms with Crippen molar-refractivity contribution < 1.29 is 0 Å². The Morgan fingerprint density at radius 2 is 2.18 bits per heavy atom. The molecule has 0 spiro atoms. The van der Waals surface area contributed by atoms with Gasteiger partial charge in [0, 0.05) is 18.3 Å². The van der Waals surface area contributed by atoms with Gasteiger partial charge in [-0.25, -0.2) is 0 Å². The van der Waals surface area contributed by atoms with Crippen molar-refractivity contribution in [3.05, 3.63) is 12.4 Å². The average molecular weight is 235 g/mol. The molecule has 17 heavy (non-hydrogen) atoms. The van der Waals surface area contributed by atoms with Gasteiger partial charge in [0.05, 0.1) is 11.9 Å². The largest absolute Gasteiger partial charge is 0.379 e. The van der Waals surface area contributed by atoms with Crippen LogP contribution in [0.3, 0.4) is 0 Å². The van der Waals surface area contributed by atoms with E-state index in [9.17, 15) is 0 Å². The molecule has 2 rings (SSSR count). The summed E-state index contributed by atoms with van der Waals surface area (Å²) in [7, 11) is 0. The second-order valence-electron chi connectivity index (χ2n) is 6.23. The van der Waals surface area contributed by atoms with Crippen LogP contribution in [0.15, 0.2) is 12.4 Å². The molecular formula is C14H25N3. The number of hydrogen-bond donors (Lipinski definition) is 1. The van der Waals surface area contributed by atoms with Gasteiger partial charge >= 0.3 is 0 Å². The number of nitrogens with one attached hydrogen (secondary N) is 1. The molecule has 1 aliphatic carbocycles. The summed E-state index contributed by atoms with van der Waals surface area (Å²) < 4.78 is 2.01. The lowest BCUT2D eigenvalue weighted by molar-refractivity contribution is 0.217. The minimum atomic E-state index is 0.401. The van der Waals surface area contributed by atoms with Gasteiger partial charge in [-0.05, 0) is 32.1 Å². The molecule has 0 radical (unpaired) electrons. The first-order valence-electron chi connectivity index (χ1n) is 6.80. The van der Waals surface area contributed by atoms with E-state index in [4.69, 9.17) is 0 Å². The molecule has 1 heterocycles. The highest BCUT2D eigenvalue weighted by molar-refractivity contribution is 5.40. The third-order valence-corrected chi connectivity index (χ3v) is 3.98. The lowest BCUT2D eigenvalue weighted by Crippen LogP contribution is -2.38. The van der Waals surface area contributed by atoms with Crippen LogP contribution in [0, 0.1) is 5.41 Å². The zero-order valence-corrected chi connectivity index (χ0v) is 11.5. The summed E-state index contributed by atoms with van der Waals surface area (Å²) >= 11 is 0. The van der Waals surface area contributed by atoms with E-state index in [0.29, 0.717) is 17.5 Å². The van der Waals surface area contributed by atoms with Crippen LogP contribution in [0.2, 0.25) is 0 Å². The number of anilines is 1. The smallest absolute Gasteiger partial charge is 0.0728 e. The van der Waals surface area contributed by atoms with E-state index in [2.05, 4.69) is 44.3 Å². The van der Waals surface area contributed by atoms with Crippen molar-refractivity contribution in [1.29, 1.82) is 0 Å². The van der Waals surface area contributed by atoms with Gasteiger partial charge in [-0.1, -0.05) is 26.7 Å². The van der Waals surface area contributed by atoms with E-state index in [1.165, 1.54) is 31.4 Å². The minimum Gasteiger partial charge on any atom is -0.379 e. The molecule has 1 saturated carbocycles. The van der Waals surface area contributed by atoms with Gasteiger partial charge in [0.25, 0.3) is 0 Å². The zero-order valence-electron chi connectivity index (χ0n) is 11.5. The summed E-state index contributed by atoms with van der Waals surface area (Å²) in [6, 6.07) is 1.02. The van der Waals surface area contributed by atoms with Crippen LogP contribution >= 0.6 is 0 Å². The predicted octanol–water partition coefficient (Wildman–Crippen LogP) is 3.84. The molecule has 1 N–H and O–H groups in total. The molecule has 1 fully saturated rings. The molecule has 0 aliphatic heterocycles. The SMILES string of the molecule is CC(C)n1cc(NC2CCCCC2(C)C)cn1. The van der Waals surface area contributed by atoms with Crippen LogP contribution in [0.5, 0.6) is 0 Å². The van der Waals surface area contributed by atoms with Gasteiger partial charge in [0.1, 0.15) is 0 Å². The van der Waals surface area contributed by atoms with Gasteiger partial charge < -0.3 is 5.32 Å². The van der Waals surface area contributed by atoms with Crippen LogP contribution < -0.4 is 5.32 Å². The lowest BCUT2D eigenvalue weighted by atomic mass is 9.73. The summed E-state index contributed by atoms with van der Waals surface area (Å²) in [4.78, 5) is 0. The van der Waals surface area contributed by atoms with E-state index in [1.807, 2.05) is 10.9 Å². The Kier molecular flexibility index (Phi) is 3.45. The first-order valence-corrected chi connectivity index (χ1v) is 6.80. The maximum Gasteiger partial charge on any atom is 0.0728 e. The van der Waals surface area contributed by atoms with E-state index in [1.54, 1.807) is 0 Å². The Bertz CT molecular complexity index is 365. The molecule has 96 valence electrons. The third kappa shape index (κ3) is 2.82. The Labute approximate surface area is 105 Å². The van der Waals surface area contributed by atoms with E-state index < -0.39 is 0 Å². The molecule has 1 atom stereocenters. The molecular weight excluding hydrogens is 210 g/mol. The van der Waals surface area contributed by atoms with Gasteiger partial charge in [0.15, 0.2) is 0 Å². The maximum absolute atomic E-state index is 4.38. The fourth-order valence-corrected chi connectivity index (χ4v) is 2.66. The standard InChI is InChI=1S/C14H25N3/c1-11(2)17-10-12(9-15-17)16-13-7-5-6-8-14(13,3)4/h9-11,13,16H,5-8H2,1-4H3. The topological polar surface area (TPSA) is 29.9 Å². The molecule has 1 aromatic rings. The van der Waals surface area contributed by atoms with E-state index in [0.717, 1.165) is 0 Å². The van der Waals surface area contributed by atoms with Crippen molar-refractivity contribution >= 4 is 5.69 Å². The molecule has 0 amide bonds. The molecule has 1 aliphatic rings. The fraction of sp³-hybridized carbons (Fsp3) is 0.786. The summed E-state index contributed by atoms with van der Waals surface area (Å²) in [5, 5.41) is 8.05. The number of hydrogen-bond acceptors (Lipinski definition) is 2.